The van der Waals surface area contributed by atoms with Gasteiger partial charge in [-0.2, -0.15) is 0 Å². The van der Waals surface area contributed by atoms with E-state index in [0.29, 0.717) is 25.9 Å². The summed E-state index contributed by atoms with van der Waals surface area (Å²) < 4.78 is 19.5. The van der Waals surface area contributed by atoms with Gasteiger partial charge in [0.1, 0.15) is 5.82 Å². The molecule has 3 rings (SSSR count). The fourth-order valence-corrected chi connectivity index (χ4v) is 3.00. The van der Waals surface area contributed by atoms with Crippen LogP contribution in [0.4, 0.5) is 4.39 Å². The Morgan fingerprint density at radius 1 is 1.44 bits per heavy atom. The van der Waals surface area contributed by atoms with Crippen LogP contribution in [0.25, 0.3) is 0 Å². The van der Waals surface area contributed by atoms with Gasteiger partial charge < -0.3 is 9.84 Å². The second-order valence-corrected chi connectivity index (χ2v) is 4.76. The summed E-state index contributed by atoms with van der Waals surface area (Å²) in [4.78, 5) is 0. The molecule has 3 heteroatoms. The summed E-state index contributed by atoms with van der Waals surface area (Å²) in [5.41, 5.74) is 1.30. The molecule has 1 aliphatic carbocycles. The first-order valence-corrected chi connectivity index (χ1v) is 5.81. The quantitative estimate of drug-likeness (QED) is 0.728. The molecule has 0 saturated carbocycles. The van der Waals surface area contributed by atoms with Gasteiger partial charge in [0.25, 0.3) is 0 Å². The number of ether oxygens (including phenoxy) is 1. The largest absolute Gasteiger partial charge is 0.393 e. The molecule has 1 fully saturated rings. The van der Waals surface area contributed by atoms with Crippen molar-refractivity contribution in [2.75, 3.05) is 6.61 Å². The third kappa shape index (κ3) is 1.39. The molecule has 2 unspecified atom stereocenters. The van der Waals surface area contributed by atoms with Gasteiger partial charge in [0, 0.05) is 6.42 Å². The summed E-state index contributed by atoms with van der Waals surface area (Å²) in [6, 6.07) is 5.16. The second kappa shape index (κ2) is 3.54. The maximum atomic E-state index is 13.6. The molecule has 1 aliphatic heterocycles. The van der Waals surface area contributed by atoms with Crippen LogP contribution < -0.4 is 0 Å². The van der Waals surface area contributed by atoms with E-state index in [0.717, 1.165) is 17.5 Å². The van der Waals surface area contributed by atoms with E-state index in [-0.39, 0.29) is 11.9 Å². The van der Waals surface area contributed by atoms with Crippen LogP contribution in [0.3, 0.4) is 0 Å². The molecule has 0 bridgehead atoms. The average Bonchev–Trinajstić information content (AvgIpc) is 2.59. The Morgan fingerprint density at radius 2 is 2.31 bits per heavy atom. The minimum absolute atomic E-state index is 0.141. The van der Waals surface area contributed by atoms with Gasteiger partial charge in [0.05, 0.1) is 18.3 Å². The standard InChI is InChI=1S/C13H15FO2/c14-12-3-1-2-11-10(12)4-6-13(11)8-9(15)5-7-16-13/h1-3,9,15H,4-8H2. The van der Waals surface area contributed by atoms with E-state index in [1.165, 1.54) is 6.07 Å². The molecular weight excluding hydrogens is 207 g/mol. The van der Waals surface area contributed by atoms with Crippen LogP contribution >= 0.6 is 0 Å². The lowest BCUT2D eigenvalue weighted by Crippen LogP contribution is -2.37. The molecule has 2 atom stereocenters. The smallest absolute Gasteiger partial charge is 0.126 e. The van der Waals surface area contributed by atoms with Crippen molar-refractivity contribution in [3.63, 3.8) is 0 Å². The number of aliphatic hydroxyl groups is 1. The van der Waals surface area contributed by atoms with E-state index in [9.17, 15) is 9.50 Å². The first kappa shape index (κ1) is 10.2. The summed E-state index contributed by atoms with van der Waals surface area (Å²) in [6.45, 7) is 0.567. The molecule has 1 heterocycles. The molecular formula is C13H15FO2. The summed E-state index contributed by atoms with van der Waals surface area (Å²) in [5, 5.41) is 9.76. The van der Waals surface area contributed by atoms with E-state index in [4.69, 9.17) is 4.74 Å². The third-order valence-electron chi connectivity index (χ3n) is 3.78. The van der Waals surface area contributed by atoms with Gasteiger partial charge >= 0.3 is 0 Å². The third-order valence-corrected chi connectivity index (χ3v) is 3.78. The molecule has 0 radical (unpaired) electrons. The van der Waals surface area contributed by atoms with Crippen LogP contribution in [-0.2, 0) is 16.8 Å². The van der Waals surface area contributed by atoms with Crippen molar-refractivity contribution >= 4 is 0 Å². The maximum absolute atomic E-state index is 13.6. The zero-order chi connectivity index (χ0) is 11.2. The Morgan fingerprint density at radius 3 is 3.12 bits per heavy atom. The molecule has 0 amide bonds. The van der Waals surface area contributed by atoms with E-state index in [1.54, 1.807) is 6.07 Å². The van der Waals surface area contributed by atoms with Crippen molar-refractivity contribution < 1.29 is 14.2 Å². The molecule has 86 valence electrons. The molecule has 2 aliphatic rings. The van der Waals surface area contributed by atoms with E-state index in [2.05, 4.69) is 0 Å². The number of fused-ring (bicyclic) bond motifs is 2. The van der Waals surface area contributed by atoms with Gasteiger partial charge in [-0.25, -0.2) is 4.39 Å². The Labute approximate surface area is 94.0 Å². The van der Waals surface area contributed by atoms with Gasteiger partial charge in [0.2, 0.25) is 0 Å². The van der Waals surface area contributed by atoms with Crippen molar-refractivity contribution in [3.8, 4) is 0 Å². The van der Waals surface area contributed by atoms with Crippen molar-refractivity contribution in [3.05, 3.63) is 35.1 Å². The predicted octanol–water partition coefficient (Wildman–Crippen LogP) is 2.14. The molecule has 1 aromatic carbocycles. The van der Waals surface area contributed by atoms with Crippen molar-refractivity contribution in [2.45, 2.75) is 37.4 Å². The van der Waals surface area contributed by atoms with E-state index in [1.807, 2.05) is 6.07 Å². The highest BCUT2D eigenvalue weighted by atomic mass is 19.1. The fourth-order valence-electron chi connectivity index (χ4n) is 3.00. The minimum Gasteiger partial charge on any atom is -0.393 e. The van der Waals surface area contributed by atoms with Crippen LogP contribution in [0.5, 0.6) is 0 Å². The van der Waals surface area contributed by atoms with Crippen molar-refractivity contribution in [1.29, 1.82) is 0 Å². The lowest BCUT2D eigenvalue weighted by Gasteiger charge is -2.37. The highest BCUT2D eigenvalue weighted by Gasteiger charge is 2.44. The van der Waals surface area contributed by atoms with E-state index >= 15 is 0 Å². The van der Waals surface area contributed by atoms with Crippen LogP contribution in [-0.4, -0.2) is 17.8 Å². The lowest BCUT2D eigenvalue weighted by molar-refractivity contribution is -0.122. The number of rotatable bonds is 0. The summed E-state index contributed by atoms with van der Waals surface area (Å²) in [7, 11) is 0. The number of hydrogen-bond donors (Lipinski definition) is 1. The number of halogens is 1. The summed E-state index contributed by atoms with van der Waals surface area (Å²) in [6.07, 6.45) is 2.48. The van der Waals surface area contributed by atoms with Gasteiger partial charge in [-0.05, 0) is 36.5 Å². The Kier molecular flexibility index (Phi) is 2.26. The Bertz CT molecular complexity index is 418. The molecule has 1 spiro atoms. The molecule has 16 heavy (non-hydrogen) atoms. The molecule has 1 aromatic rings. The zero-order valence-electron chi connectivity index (χ0n) is 9.08. The minimum atomic E-state index is -0.422. The monoisotopic (exact) mass is 222 g/mol. The lowest BCUT2D eigenvalue weighted by atomic mass is 9.86. The van der Waals surface area contributed by atoms with Crippen LogP contribution in [0, 0.1) is 5.82 Å². The van der Waals surface area contributed by atoms with Gasteiger partial charge in [0.15, 0.2) is 0 Å². The second-order valence-electron chi connectivity index (χ2n) is 4.76. The molecule has 1 saturated heterocycles. The number of benzene rings is 1. The SMILES string of the molecule is OC1CCOC2(CCc3c(F)cccc32)C1. The van der Waals surface area contributed by atoms with Gasteiger partial charge in [-0.15, -0.1) is 0 Å². The predicted molar refractivity (Wildman–Crippen MR) is 57.6 cm³/mol. The highest BCUT2D eigenvalue weighted by Crippen LogP contribution is 2.46. The summed E-state index contributed by atoms with van der Waals surface area (Å²) >= 11 is 0. The Hall–Kier alpha value is -0.930. The van der Waals surface area contributed by atoms with E-state index < -0.39 is 5.60 Å². The zero-order valence-corrected chi connectivity index (χ0v) is 9.08. The normalized spacial score (nSPS) is 33.0. The van der Waals surface area contributed by atoms with Crippen molar-refractivity contribution in [1.82, 2.24) is 0 Å². The fraction of sp³-hybridized carbons (Fsp3) is 0.538. The topological polar surface area (TPSA) is 29.5 Å². The average molecular weight is 222 g/mol. The highest BCUT2D eigenvalue weighted by molar-refractivity contribution is 5.38. The van der Waals surface area contributed by atoms with Gasteiger partial charge in [-0.1, -0.05) is 12.1 Å². The summed E-state index contributed by atoms with van der Waals surface area (Å²) in [5.74, 6) is -0.141. The molecule has 2 nitrogen and oxygen atoms in total. The van der Waals surface area contributed by atoms with Gasteiger partial charge in [-0.3, -0.25) is 0 Å². The molecule has 0 aromatic heterocycles. The number of hydrogen-bond acceptors (Lipinski definition) is 2. The van der Waals surface area contributed by atoms with Crippen LogP contribution in [0.1, 0.15) is 30.4 Å². The van der Waals surface area contributed by atoms with Crippen LogP contribution in [0.2, 0.25) is 0 Å². The number of aliphatic hydroxyl groups excluding tert-OH is 1. The Balaban J connectivity index is 2.04. The molecule has 1 N–H and O–H groups in total. The van der Waals surface area contributed by atoms with Crippen molar-refractivity contribution in [2.24, 2.45) is 0 Å². The first-order chi connectivity index (χ1) is 7.71. The maximum Gasteiger partial charge on any atom is 0.126 e. The first-order valence-electron chi connectivity index (χ1n) is 5.81. The van der Waals surface area contributed by atoms with Crippen LogP contribution in [0.15, 0.2) is 18.2 Å².